The summed E-state index contributed by atoms with van der Waals surface area (Å²) in [6.45, 7) is 1.58. The summed E-state index contributed by atoms with van der Waals surface area (Å²) in [4.78, 5) is 22.2. The molecule has 0 aliphatic rings. The van der Waals surface area contributed by atoms with Crippen LogP contribution in [-0.4, -0.2) is 10.9 Å². The summed E-state index contributed by atoms with van der Waals surface area (Å²) >= 11 is 3.28. The van der Waals surface area contributed by atoms with E-state index in [2.05, 4.69) is 15.9 Å². The van der Waals surface area contributed by atoms with Crippen molar-refractivity contribution in [3.05, 3.63) is 68.2 Å². The average Bonchev–Trinajstić information content (AvgIpc) is 2.38. The van der Waals surface area contributed by atoms with Crippen molar-refractivity contribution in [2.45, 2.75) is 6.92 Å². The molecule has 2 aromatic rings. The van der Waals surface area contributed by atoms with E-state index in [1.807, 2.05) is 6.07 Å². The van der Waals surface area contributed by atoms with E-state index in [0.717, 1.165) is 4.47 Å². The van der Waals surface area contributed by atoms with E-state index >= 15 is 0 Å². The van der Waals surface area contributed by atoms with Gasteiger partial charge in [-0.15, -0.1) is 0 Å². The number of hydrogen-bond donors (Lipinski definition) is 0. The number of nitrogens with zero attached hydrogens (tertiary/aromatic N) is 1. The van der Waals surface area contributed by atoms with Gasteiger partial charge in [0.15, 0.2) is 0 Å². The Labute approximate surface area is 123 Å². The highest BCUT2D eigenvalue weighted by atomic mass is 79.9. The molecular formula is C14H10BrNO4. The standard InChI is InChI=1S/C14H10BrNO4/c1-9-7-10(5-6-13(9)16(18)19)14(17)20-12-4-2-3-11(15)8-12/h2-8H,1H3. The Hall–Kier alpha value is -2.21. The Bertz CT molecular complexity index is 685. The van der Waals surface area contributed by atoms with E-state index in [9.17, 15) is 14.9 Å². The van der Waals surface area contributed by atoms with E-state index in [4.69, 9.17) is 4.74 Å². The minimum Gasteiger partial charge on any atom is -0.423 e. The molecule has 0 atom stereocenters. The molecule has 0 N–H and O–H groups in total. The minimum atomic E-state index is -0.555. The highest BCUT2D eigenvalue weighted by Gasteiger charge is 2.15. The lowest BCUT2D eigenvalue weighted by Gasteiger charge is -2.05. The van der Waals surface area contributed by atoms with Crippen LogP contribution in [0.25, 0.3) is 0 Å². The molecule has 0 bridgehead atoms. The smallest absolute Gasteiger partial charge is 0.343 e. The van der Waals surface area contributed by atoms with E-state index in [-0.39, 0.29) is 11.3 Å². The molecule has 0 saturated heterocycles. The third-order valence-electron chi connectivity index (χ3n) is 2.64. The number of carbonyl (C=O) groups is 1. The first kappa shape index (κ1) is 14.2. The van der Waals surface area contributed by atoms with E-state index < -0.39 is 10.9 Å². The predicted molar refractivity (Wildman–Crippen MR) is 76.9 cm³/mol. The van der Waals surface area contributed by atoms with Crippen LogP contribution >= 0.6 is 15.9 Å². The largest absolute Gasteiger partial charge is 0.423 e. The van der Waals surface area contributed by atoms with E-state index in [1.54, 1.807) is 25.1 Å². The lowest BCUT2D eigenvalue weighted by atomic mass is 10.1. The van der Waals surface area contributed by atoms with Crippen LogP contribution < -0.4 is 4.74 Å². The number of aryl methyl sites for hydroxylation is 1. The lowest BCUT2D eigenvalue weighted by molar-refractivity contribution is -0.385. The molecule has 0 aromatic heterocycles. The number of ether oxygens (including phenoxy) is 1. The molecule has 2 rings (SSSR count). The fourth-order valence-corrected chi connectivity index (χ4v) is 2.06. The van der Waals surface area contributed by atoms with Crippen molar-refractivity contribution in [1.82, 2.24) is 0 Å². The summed E-state index contributed by atoms with van der Waals surface area (Å²) in [5.74, 6) is -0.151. The van der Waals surface area contributed by atoms with Gasteiger partial charge in [0.25, 0.3) is 5.69 Å². The summed E-state index contributed by atoms with van der Waals surface area (Å²) in [5, 5.41) is 10.7. The van der Waals surface area contributed by atoms with Gasteiger partial charge in [0.2, 0.25) is 0 Å². The number of carbonyl (C=O) groups excluding carboxylic acids is 1. The first-order valence-corrected chi connectivity index (χ1v) is 6.49. The van der Waals surface area contributed by atoms with Gasteiger partial charge in [-0.2, -0.15) is 0 Å². The number of hydrogen-bond acceptors (Lipinski definition) is 4. The third kappa shape index (κ3) is 3.21. The number of benzene rings is 2. The van der Waals surface area contributed by atoms with Gasteiger partial charge < -0.3 is 4.74 Å². The third-order valence-corrected chi connectivity index (χ3v) is 3.13. The number of esters is 1. The predicted octanol–water partition coefficient (Wildman–Crippen LogP) is 3.88. The molecule has 0 amide bonds. The second-order valence-electron chi connectivity index (χ2n) is 4.11. The van der Waals surface area contributed by atoms with Crippen molar-refractivity contribution in [3.8, 4) is 5.75 Å². The van der Waals surface area contributed by atoms with Crippen molar-refractivity contribution in [1.29, 1.82) is 0 Å². The van der Waals surface area contributed by atoms with Crippen molar-refractivity contribution in [3.63, 3.8) is 0 Å². The molecule has 0 saturated carbocycles. The molecule has 0 radical (unpaired) electrons. The van der Waals surface area contributed by atoms with Gasteiger partial charge in [-0.25, -0.2) is 4.79 Å². The van der Waals surface area contributed by atoms with Crippen molar-refractivity contribution < 1.29 is 14.5 Å². The summed E-state index contributed by atoms with van der Waals surface area (Å²) in [5.41, 5.74) is 0.663. The molecule has 0 spiro atoms. The zero-order valence-electron chi connectivity index (χ0n) is 10.5. The zero-order chi connectivity index (χ0) is 14.7. The first-order chi connectivity index (χ1) is 9.47. The second kappa shape index (κ2) is 5.83. The number of nitro benzene ring substituents is 1. The van der Waals surface area contributed by atoms with Gasteiger partial charge in [0.05, 0.1) is 10.5 Å². The maximum absolute atomic E-state index is 12.0. The van der Waals surface area contributed by atoms with Gasteiger partial charge in [-0.05, 0) is 37.3 Å². The van der Waals surface area contributed by atoms with E-state index in [0.29, 0.717) is 11.3 Å². The SMILES string of the molecule is Cc1cc(C(=O)Oc2cccc(Br)c2)ccc1[N+](=O)[O-]. The molecule has 102 valence electrons. The second-order valence-corrected chi connectivity index (χ2v) is 5.02. The monoisotopic (exact) mass is 335 g/mol. The summed E-state index contributed by atoms with van der Waals surface area (Å²) in [6, 6.07) is 11.0. The molecule has 20 heavy (non-hydrogen) atoms. The van der Waals surface area contributed by atoms with Gasteiger partial charge in [0.1, 0.15) is 5.75 Å². The Balaban J connectivity index is 2.22. The summed E-state index contributed by atoms with van der Waals surface area (Å²) in [7, 11) is 0. The van der Waals surface area contributed by atoms with Crippen LogP contribution in [0.3, 0.4) is 0 Å². The maximum atomic E-state index is 12.0. The molecule has 0 unspecified atom stereocenters. The Morgan fingerprint density at radius 2 is 2.00 bits per heavy atom. The van der Waals surface area contributed by atoms with Crippen molar-refractivity contribution in [2.75, 3.05) is 0 Å². The Kier molecular flexibility index (Phi) is 4.14. The highest BCUT2D eigenvalue weighted by Crippen LogP contribution is 2.22. The van der Waals surface area contributed by atoms with Crippen molar-refractivity contribution >= 4 is 27.6 Å². The van der Waals surface area contributed by atoms with Crippen LogP contribution in [-0.2, 0) is 0 Å². The number of halogens is 1. The lowest BCUT2D eigenvalue weighted by Crippen LogP contribution is -2.09. The number of nitro groups is 1. The molecule has 6 heteroatoms. The number of rotatable bonds is 3. The molecule has 0 aliphatic heterocycles. The summed E-state index contributed by atoms with van der Waals surface area (Å²) < 4.78 is 5.99. The summed E-state index contributed by atoms with van der Waals surface area (Å²) in [6.07, 6.45) is 0. The highest BCUT2D eigenvalue weighted by molar-refractivity contribution is 9.10. The van der Waals surface area contributed by atoms with Gasteiger partial charge in [0, 0.05) is 16.1 Å². The Morgan fingerprint density at radius 3 is 2.60 bits per heavy atom. The van der Waals surface area contributed by atoms with Crippen LogP contribution in [0.15, 0.2) is 46.9 Å². The van der Waals surface area contributed by atoms with Gasteiger partial charge in [-0.3, -0.25) is 10.1 Å². The first-order valence-electron chi connectivity index (χ1n) is 5.70. The van der Waals surface area contributed by atoms with Crippen LogP contribution in [0.2, 0.25) is 0 Å². The molecule has 0 fully saturated rings. The van der Waals surface area contributed by atoms with Crippen LogP contribution in [0.1, 0.15) is 15.9 Å². The van der Waals surface area contributed by atoms with Gasteiger partial charge in [-0.1, -0.05) is 22.0 Å². The molecular weight excluding hydrogens is 326 g/mol. The molecule has 2 aromatic carbocycles. The normalized spacial score (nSPS) is 10.1. The maximum Gasteiger partial charge on any atom is 0.343 e. The molecule has 0 heterocycles. The van der Waals surface area contributed by atoms with Gasteiger partial charge >= 0.3 is 5.97 Å². The fraction of sp³-hybridized carbons (Fsp3) is 0.0714. The van der Waals surface area contributed by atoms with Crippen LogP contribution in [0.4, 0.5) is 5.69 Å². The zero-order valence-corrected chi connectivity index (χ0v) is 12.1. The van der Waals surface area contributed by atoms with Crippen LogP contribution in [0, 0.1) is 17.0 Å². The fourth-order valence-electron chi connectivity index (χ4n) is 1.68. The van der Waals surface area contributed by atoms with E-state index in [1.165, 1.54) is 18.2 Å². The van der Waals surface area contributed by atoms with Crippen molar-refractivity contribution in [2.24, 2.45) is 0 Å². The molecule has 0 aliphatic carbocycles. The average molecular weight is 336 g/mol. The topological polar surface area (TPSA) is 69.4 Å². The Morgan fingerprint density at radius 1 is 1.25 bits per heavy atom. The quantitative estimate of drug-likeness (QED) is 0.369. The van der Waals surface area contributed by atoms with Crippen LogP contribution in [0.5, 0.6) is 5.75 Å². The minimum absolute atomic E-state index is 0.0241. The molecule has 5 nitrogen and oxygen atoms in total.